The first-order chi connectivity index (χ1) is 8.29. The summed E-state index contributed by atoms with van der Waals surface area (Å²) in [6.07, 6.45) is 5.08. The molecule has 3 nitrogen and oxygen atoms in total. The van der Waals surface area contributed by atoms with Crippen LogP contribution in [0.4, 0.5) is 0 Å². The van der Waals surface area contributed by atoms with Crippen molar-refractivity contribution < 1.29 is 9.21 Å². The van der Waals surface area contributed by atoms with Crippen LogP contribution in [0.3, 0.4) is 0 Å². The molecule has 2 heterocycles. The van der Waals surface area contributed by atoms with Gasteiger partial charge in [-0.15, -0.1) is 11.6 Å². The van der Waals surface area contributed by atoms with Crippen LogP contribution in [0.2, 0.25) is 0 Å². The summed E-state index contributed by atoms with van der Waals surface area (Å²) in [6.45, 7) is 1.70. The van der Waals surface area contributed by atoms with Crippen LogP contribution in [0.5, 0.6) is 0 Å². The van der Waals surface area contributed by atoms with E-state index in [1.54, 1.807) is 6.26 Å². The van der Waals surface area contributed by atoms with Gasteiger partial charge in [0.15, 0.2) is 0 Å². The molecular weight excluding hydrogens is 238 g/mol. The number of likely N-dealkylation sites (tertiary alicyclic amines) is 1. The summed E-state index contributed by atoms with van der Waals surface area (Å²) in [5.74, 6) is 2.22. The highest BCUT2D eigenvalue weighted by molar-refractivity contribution is 6.18. The van der Waals surface area contributed by atoms with Gasteiger partial charge < -0.3 is 9.32 Å². The van der Waals surface area contributed by atoms with Crippen LogP contribution in [0, 0.1) is 5.92 Å². The minimum atomic E-state index is 0.219. The highest BCUT2D eigenvalue weighted by Gasteiger charge is 2.22. The zero-order valence-electron chi connectivity index (χ0n) is 9.90. The zero-order chi connectivity index (χ0) is 12.1. The molecule has 0 aromatic carbocycles. The van der Waals surface area contributed by atoms with Crippen molar-refractivity contribution in [2.45, 2.75) is 25.7 Å². The van der Waals surface area contributed by atoms with Gasteiger partial charge in [-0.25, -0.2) is 0 Å². The number of aryl methyl sites for hydroxylation is 1. The molecule has 0 N–H and O–H groups in total. The smallest absolute Gasteiger partial charge is 0.223 e. The van der Waals surface area contributed by atoms with Gasteiger partial charge in [-0.2, -0.15) is 0 Å². The predicted molar refractivity (Wildman–Crippen MR) is 67.1 cm³/mol. The van der Waals surface area contributed by atoms with Crippen molar-refractivity contribution in [2.75, 3.05) is 19.0 Å². The molecule has 2 rings (SSSR count). The molecular formula is C13H18ClNO2. The Labute approximate surface area is 107 Å². The first-order valence-corrected chi connectivity index (χ1v) is 6.69. The molecule has 1 unspecified atom stereocenters. The number of carbonyl (C=O) groups is 1. The fourth-order valence-corrected chi connectivity index (χ4v) is 2.51. The second-order valence-corrected chi connectivity index (χ2v) is 4.89. The third-order valence-corrected chi connectivity index (χ3v) is 3.69. The highest BCUT2D eigenvalue weighted by atomic mass is 35.5. The molecule has 1 amide bonds. The minimum Gasteiger partial charge on any atom is -0.469 e. The van der Waals surface area contributed by atoms with E-state index in [0.717, 1.165) is 31.7 Å². The van der Waals surface area contributed by atoms with Crippen molar-refractivity contribution in [2.24, 2.45) is 5.92 Å². The van der Waals surface area contributed by atoms with Crippen LogP contribution >= 0.6 is 11.6 Å². The predicted octanol–water partition coefficient (Wildman–Crippen LogP) is 2.69. The first kappa shape index (κ1) is 12.5. The maximum atomic E-state index is 12.0. The van der Waals surface area contributed by atoms with Crippen molar-refractivity contribution in [3.8, 4) is 0 Å². The molecule has 1 aromatic rings. The van der Waals surface area contributed by atoms with E-state index in [9.17, 15) is 4.79 Å². The highest BCUT2D eigenvalue weighted by Crippen LogP contribution is 2.18. The Morgan fingerprint density at radius 3 is 3.18 bits per heavy atom. The van der Waals surface area contributed by atoms with Gasteiger partial charge in [-0.1, -0.05) is 0 Å². The van der Waals surface area contributed by atoms with E-state index >= 15 is 0 Å². The van der Waals surface area contributed by atoms with E-state index in [4.69, 9.17) is 16.0 Å². The van der Waals surface area contributed by atoms with E-state index in [2.05, 4.69) is 0 Å². The Bertz CT molecular complexity index is 350. The summed E-state index contributed by atoms with van der Waals surface area (Å²) in [5, 5.41) is 0. The Balaban J connectivity index is 1.79. The molecule has 1 fully saturated rings. The second kappa shape index (κ2) is 6.10. The van der Waals surface area contributed by atoms with E-state index in [-0.39, 0.29) is 5.91 Å². The summed E-state index contributed by atoms with van der Waals surface area (Å²) >= 11 is 5.86. The van der Waals surface area contributed by atoms with Crippen molar-refractivity contribution in [3.63, 3.8) is 0 Å². The van der Waals surface area contributed by atoms with Gasteiger partial charge in [0.2, 0.25) is 5.91 Å². The fraction of sp³-hybridized carbons (Fsp3) is 0.615. The molecule has 4 heteroatoms. The summed E-state index contributed by atoms with van der Waals surface area (Å²) in [7, 11) is 0. The van der Waals surface area contributed by atoms with Crippen LogP contribution < -0.4 is 0 Å². The Morgan fingerprint density at radius 2 is 2.47 bits per heavy atom. The number of furan rings is 1. The average molecular weight is 256 g/mol. The summed E-state index contributed by atoms with van der Waals surface area (Å²) in [6, 6.07) is 3.76. The Hall–Kier alpha value is -0.960. The van der Waals surface area contributed by atoms with E-state index in [1.807, 2.05) is 17.0 Å². The maximum absolute atomic E-state index is 12.0. The number of hydrogen-bond acceptors (Lipinski definition) is 2. The maximum Gasteiger partial charge on any atom is 0.223 e. The Morgan fingerprint density at radius 1 is 1.59 bits per heavy atom. The van der Waals surface area contributed by atoms with Crippen molar-refractivity contribution >= 4 is 17.5 Å². The lowest BCUT2D eigenvalue weighted by Crippen LogP contribution is -2.40. The number of rotatable bonds is 4. The summed E-state index contributed by atoms with van der Waals surface area (Å²) in [4.78, 5) is 13.9. The number of piperidine rings is 1. The van der Waals surface area contributed by atoms with Crippen LogP contribution in [-0.2, 0) is 11.2 Å². The Kier molecular flexibility index (Phi) is 4.49. The first-order valence-electron chi connectivity index (χ1n) is 6.15. The monoisotopic (exact) mass is 255 g/mol. The zero-order valence-corrected chi connectivity index (χ0v) is 10.7. The van der Waals surface area contributed by atoms with Crippen molar-refractivity contribution in [1.82, 2.24) is 4.90 Å². The van der Waals surface area contributed by atoms with Gasteiger partial charge in [-0.05, 0) is 30.9 Å². The lowest BCUT2D eigenvalue weighted by atomic mass is 9.99. The molecule has 0 bridgehead atoms. The lowest BCUT2D eigenvalue weighted by molar-refractivity contribution is -0.132. The average Bonchev–Trinajstić information content (AvgIpc) is 2.89. The lowest BCUT2D eigenvalue weighted by Gasteiger charge is -2.31. The van der Waals surface area contributed by atoms with Gasteiger partial charge >= 0.3 is 0 Å². The number of nitrogens with zero attached hydrogens (tertiary/aromatic N) is 1. The van der Waals surface area contributed by atoms with E-state index in [0.29, 0.717) is 24.6 Å². The van der Waals surface area contributed by atoms with Crippen LogP contribution in [-0.4, -0.2) is 29.8 Å². The number of carbonyl (C=O) groups excluding carboxylic acids is 1. The third-order valence-electron chi connectivity index (χ3n) is 3.26. The number of hydrogen-bond donors (Lipinski definition) is 0. The van der Waals surface area contributed by atoms with E-state index in [1.165, 1.54) is 0 Å². The van der Waals surface area contributed by atoms with Gasteiger partial charge in [0, 0.05) is 31.8 Å². The summed E-state index contributed by atoms with van der Waals surface area (Å²) in [5.41, 5.74) is 0. The largest absolute Gasteiger partial charge is 0.469 e. The molecule has 0 aliphatic carbocycles. The molecule has 1 aliphatic heterocycles. The molecule has 1 atom stereocenters. The molecule has 0 spiro atoms. The topological polar surface area (TPSA) is 33.5 Å². The molecule has 1 saturated heterocycles. The van der Waals surface area contributed by atoms with Gasteiger partial charge in [0.25, 0.3) is 0 Å². The van der Waals surface area contributed by atoms with Gasteiger partial charge in [0.1, 0.15) is 5.76 Å². The van der Waals surface area contributed by atoms with Crippen LogP contribution in [0.15, 0.2) is 22.8 Å². The number of halogens is 1. The SMILES string of the molecule is O=C(CCc1ccco1)N1CCCC(CCl)C1. The molecule has 94 valence electrons. The number of alkyl halides is 1. The quantitative estimate of drug-likeness (QED) is 0.775. The molecule has 0 radical (unpaired) electrons. The second-order valence-electron chi connectivity index (χ2n) is 4.58. The van der Waals surface area contributed by atoms with Crippen LogP contribution in [0.25, 0.3) is 0 Å². The minimum absolute atomic E-state index is 0.219. The standard InChI is InChI=1S/C13H18ClNO2/c14-9-11-3-1-7-15(10-11)13(16)6-5-12-4-2-8-17-12/h2,4,8,11H,1,3,5-7,9-10H2. The molecule has 17 heavy (non-hydrogen) atoms. The van der Waals surface area contributed by atoms with Crippen molar-refractivity contribution in [1.29, 1.82) is 0 Å². The number of amides is 1. The molecule has 1 aliphatic rings. The van der Waals surface area contributed by atoms with Gasteiger partial charge in [0.05, 0.1) is 6.26 Å². The van der Waals surface area contributed by atoms with Gasteiger partial charge in [-0.3, -0.25) is 4.79 Å². The molecule has 1 aromatic heterocycles. The van der Waals surface area contributed by atoms with Crippen molar-refractivity contribution in [3.05, 3.63) is 24.2 Å². The summed E-state index contributed by atoms with van der Waals surface area (Å²) < 4.78 is 5.22. The normalized spacial score (nSPS) is 20.5. The molecule has 0 saturated carbocycles. The van der Waals surface area contributed by atoms with E-state index < -0.39 is 0 Å². The fourth-order valence-electron chi connectivity index (χ4n) is 2.26. The van der Waals surface area contributed by atoms with Crippen LogP contribution in [0.1, 0.15) is 25.0 Å². The third kappa shape index (κ3) is 3.50.